The highest BCUT2D eigenvalue weighted by molar-refractivity contribution is 14.0. The predicted molar refractivity (Wildman–Crippen MR) is 119 cm³/mol. The van der Waals surface area contributed by atoms with E-state index in [0.717, 1.165) is 25.6 Å². The van der Waals surface area contributed by atoms with E-state index in [4.69, 9.17) is 4.74 Å². The maximum atomic E-state index is 12.2. The number of amides is 2. The van der Waals surface area contributed by atoms with Crippen molar-refractivity contribution in [3.8, 4) is 0 Å². The van der Waals surface area contributed by atoms with Gasteiger partial charge in [0.1, 0.15) is 5.60 Å². The van der Waals surface area contributed by atoms with Crippen LogP contribution in [0.4, 0.5) is 4.79 Å². The first-order valence-electron chi connectivity index (χ1n) is 9.44. The summed E-state index contributed by atoms with van der Waals surface area (Å²) in [4.78, 5) is 34.0. The normalized spacial score (nSPS) is 15.1. The van der Waals surface area contributed by atoms with Crippen LogP contribution in [0.25, 0.3) is 0 Å². The Balaban J connectivity index is 0.00000676. The molecule has 0 atom stereocenters. The summed E-state index contributed by atoms with van der Waals surface area (Å²) >= 11 is 0. The number of guanidine groups is 1. The highest BCUT2D eigenvalue weighted by Gasteiger charge is 2.22. The number of rotatable bonds is 5. The zero-order valence-electron chi connectivity index (χ0n) is 17.6. The van der Waals surface area contributed by atoms with Crippen molar-refractivity contribution in [1.82, 2.24) is 20.0 Å². The van der Waals surface area contributed by atoms with Gasteiger partial charge in [-0.1, -0.05) is 0 Å². The van der Waals surface area contributed by atoms with Crippen LogP contribution >= 0.6 is 24.0 Å². The first-order chi connectivity index (χ1) is 12.2. The van der Waals surface area contributed by atoms with E-state index in [2.05, 4.69) is 15.2 Å². The summed E-state index contributed by atoms with van der Waals surface area (Å²) in [7, 11) is 0. The van der Waals surface area contributed by atoms with E-state index in [-0.39, 0.29) is 36.0 Å². The van der Waals surface area contributed by atoms with Crippen LogP contribution in [-0.4, -0.2) is 90.6 Å². The van der Waals surface area contributed by atoms with Gasteiger partial charge in [-0.3, -0.25) is 9.79 Å². The second-order valence-electron chi connectivity index (χ2n) is 7.29. The van der Waals surface area contributed by atoms with Gasteiger partial charge in [-0.15, -0.1) is 24.0 Å². The standard InChI is InChI=1S/C18H35N5O3.HI/c1-7-19-16(23-13-11-22(12-14-23)15(3)24)20-9-10-21(8-2)17(25)26-18(4,5)6;/h7-14H2,1-6H3,(H,19,20);1H. The summed E-state index contributed by atoms with van der Waals surface area (Å²) in [5, 5.41) is 3.29. The molecule has 0 bridgehead atoms. The molecule has 1 aliphatic heterocycles. The quantitative estimate of drug-likeness (QED) is 0.357. The van der Waals surface area contributed by atoms with Crippen LogP contribution in [0.3, 0.4) is 0 Å². The van der Waals surface area contributed by atoms with Crippen LogP contribution < -0.4 is 5.32 Å². The molecule has 1 heterocycles. The molecule has 0 spiro atoms. The third-order valence-electron chi connectivity index (χ3n) is 4.02. The number of ether oxygens (including phenoxy) is 1. The van der Waals surface area contributed by atoms with Crippen molar-refractivity contribution < 1.29 is 14.3 Å². The molecular weight excluding hydrogens is 461 g/mol. The van der Waals surface area contributed by atoms with Gasteiger partial charge in [-0.25, -0.2) is 4.79 Å². The molecular formula is C18H36IN5O3. The van der Waals surface area contributed by atoms with Gasteiger partial charge >= 0.3 is 6.09 Å². The van der Waals surface area contributed by atoms with Crippen LogP contribution in [0.1, 0.15) is 41.5 Å². The Labute approximate surface area is 180 Å². The molecule has 2 amide bonds. The minimum absolute atomic E-state index is 0. The molecule has 1 N–H and O–H groups in total. The van der Waals surface area contributed by atoms with Gasteiger partial charge < -0.3 is 24.8 Å². The highest BCUT2D eigenvalue weighted by atomic mass is 127. The molecule has 1 saturated heterocycles. The number of aliphatic imine (C=N–C) groups is 1. The number of likely N-dealkylation sites (N-methyl/N-ethyl adjacent to an activating group) is 1. The van der Waals surface area contributed by atoms with E-state index in [1.807, 2.05) is 39.5 Å². The van der Waals surface area contributed by atoms with E-state index < -0.39 is 5.60 Å². The van der Waals surface area contributed by atoms with Crippen molar-refractivity contribution in [2.45, 2.75) is 47.1 Å². The van der Waals surface area contributed by atoms with Crippen LogP contribution in [0.2, 0.25) is 0 Å². The fourth-order valence-electron chi connectivity index (χ4n) is 2.64. The minimum Gasteiger partial charge on any atom is -0.444 e. The first-order valence-corrected chi connectivity index (χ1v) is 9.44. The molecule has 8 nitrogen and oxygen atoms in total. The summed E-state index contributed by atoms with van der Waals surface area (Å²) in [6.07, 6.45) is -0.310. The number of hydrogen-bond acceptors (Lipinski definition) is 4. The molecule has 0 aromatic heterocycles. The summed E-state index contributed by atoms with van der Waals surface area (Å²) < 4.78 is 5.42. The van der Waals surface area contributed by atoms with Crippen molar-refractivity contribution in [2.75, 3.05) is 52.4 Å². The lowest BCUT2D eigenvalue weighted by molar-refractivity contribution is -0.130. The van der Waals surface area contributed by atoms with E-state index in [0.29, 0.717) is 32.7 Å². The Morgan fingerprint density at radius 1 is 1.11 bits per heavy atom. The molecule has 0 aromatic carbocycles. The first kappa shape index (κ1) is 25.7. The molecule has 1 aliphatic rings. The Morgan fingerprint density at radius 2 is 1.67 bits per heavy atom. The predicted octanol–water partition coefficient (Wildman–Crippen LogP) is 1.99. The summed E-state index contributed by atoms with van der Waals surface area (Å²) in [5.41, 5.74) is -0.501. The van der Waals surface area contributed by atoms with Crippen molar-refractivity contribution in [2.24, 2.45) is 4.99 Å². The number of nitrogens with one attached hydrogen (secondary N) is 1. The van der Waals surface area contributed by atoms with E-state index in [1.165, 1.54) is 0 Å². The maximum absolute atomic E-state index is 12.2. The molecule has 1 rings (SSSR count). The molecule has 27 heavy (non-hydrogen) atoms. The number of hydrogen-bond donors (Lipinski definition) is 1. The molecule has 9 heteroatoms. The summed E-state index contributed by atoms with van der Waals surface area (Å²) in [6, 6.07) is 0. The Bertz CT molecular complexity index is 500. The Hall–Kier alpha value is -1.26. The third-order valence-corrected chi connectivity index (χ3v) is 4.02. The van der Waals surface area contributed by atoms with Gasteiger partial charge in [0.05, 0.1) is 6.54 Å². The largest absolute Gasteiger partial charge is 0.444 e. The molecule has 0 unspecified atom stereocenters. The Morgan fingerprint density at radius 3 is 2.11 bits per heavy atom. The number of halogens is 1. The second-order valence-corrected chi connectivity index (χ2v) is 7.29. The SMILES string of the molecule is CCNC(=NCCN(CC)C(=O)OC(C)(C)C)N1CCN(C(C)=O)CC1.I. The lowest BCUT2D eigenvalue weighted by atomic mass is 10.2. The fraction of sp³-hybridized carbons (Fsp3) is 0.833. The van der Waals surface area contributed by atoms with Gasteiger partial charge in [-0.2, -0.15) is 0 Å². The number of nitrogens with zero attached hydrogens (tertiary/aromatic N) is 4. The highest BCUT2D eigenvalue weighted by Crippen LogP contribution is 2.10. The van der Waals surface area contributed by atoms with Gasteiger partial charge in [0.2, 0.25) is 5.91 Å². The van der Waals surface area contributed by atoms with Crippen molar-refractivity contribution in [3.05, 3.63) is 0 Å². The maximum Gasteiger partial charge on any atom is 0.410 e. The van der Waals surface area contributed by atoms with E-state index >= 15 is 0 Å². The molecule has 0 saturated carbocycles. The number of piperazine rings is 1. The van der Waals surface area contributed by atoms with Crippen LogP contribution in [-0.2, 0) is 9.53 Å². The van der Waals surface area contributed by atoms with Gasteiger partial charge in [0.15, 0.2) is 5.96 Å². The lowest BCUT2D eigenvalue weighted by Gasteiger charge is -2.36. The van der Waals surface area contributed by atoms with E-state index in [1.54, 1.807) is 11.8 Å². The molecule has 158 valence electrons. The fourth-order valence-corrected chi connectivity index (χ4v) is 2.64. The van der Waals surface area contributed by atoms with E-state index in [9.17, 15) is 9.59 Å². The number of carbonyl (C=O) groups excluding carboxylic acids is 2. The monoisotopic (exact) mass is 497 g/mol. The van der Waals surface area contributed by atoms with Gasteiger partial charge in [-0.05, 0) is 34.6 Å². The molecule has 0 radical (unpaired) electrons. The smallest absolute Gasteiger partial charge is 0.410 e. The zero-order valence-corrected chi connectivity index (χ0v) is 19.9. The molecule has 0 aliphatic carbocycles. The van der Waals surface area contributed by atoms with Crippen LogP contribution in [0.15, 0.2) is 4.99 Å². The zero-order chi connectivity index (χ0) is 19.7. The van der Waals surface area contributed by atoms with Crippen LogP contribution in [0, 0.1) is 0 Å². The average Bonchev–Trinajstić information content (AvgIpc) is 2.56. The van der Waals surface area contributed by atoms with Crippen molar-refractivity contribution in [1.29, 1.82) is 0 Å². The average molecular weight is 497 g/mol. The topological polar surface area (TPSA) is 77.5 Å². The second kappa shape index (κ2) is 12.2. The molecule has 1 fully saturated rings. The van der Waals surface area contributed by atoms with Gasteiger partial charge in [0, 0.05) is 52.7 Å². The summed E-state index contributed by atoms with van der Waals surface area (Å²) in [5.74, 6) is 0.943. The minimum atomic E-state index is -0.501. The van der Waals surface area contributed by atoms with Crippen molar-refractivity contribution >= 4 is 41.9 Å². The van der Waals surface area contributed by atoms with Crippen LogP contribution in [0.5, 0.6) is 0 Å². The van der Waals surface area contributed by atoms with Gasteiger partial charge in [0.25, 0.3) is 0 Å². The summed E-state index contributed by atoms with van der Waals surface area (Å²) in [6.45, 7) is 16.4. The van der Waals surface area contributed by atoms with Crippen molar-refractivity contribution in [3.63, 3.8) is 0 Å². The molecule has 0 aromatic rings. The number of carbonyl (C=O) groups is 2. The Kier molecular flexibility index (Phi) is 11.7. The lowest BCUT2D eigenvalue weighted by Crippen LogP contribution is -2.53. The third kappa shape index (κ3) is 9.48.